The quantitative estimate of drug-likeness (QED) is 0.790. The van der Waals surface area contributed by atoms with Gasteiger partial charge in [-0.05, 0) is 36.8 Å². The van der Waals surface area contributed by atoms with Crippen molar-refractivity contribution in [1.82, 2.24) is 4.72 Å². The highest BCUT2D eigenvalue weighted by molar-refractivity contribution is 7.89. The van der Waals surface area contributed by atoms with Crippen LogP contribution in [0.25, 0.3) is 10.4 Å². The summed E-state index contributed by atoms with van der Waals surface area (Å²) < 4.78 is 30.0. The predicted molar refractivity (Wildman–Crippen MR) is 97.3 cm³/mol. The number of aliphatic hydroxyl groups is 1. The molecule has 0 saturated carbocycles. The molecule has 0 spiro atoms. The molecule has 0 bridgehead atoms. The van der Waals surface area contributed by atoms with Gasteiger partial charge in [-0.3, -0.25) is 4.79 Å². The summed E-state index contributed by atoms with van der Waals surface area (Å²) in [5, 5.41) is 8.77. The minimum atomic E-state index is -3.66. The molecule has 0 aliphatic rings. The van der Waals surface area contributed by atoms with Crippen LogP contribution in [0, 0.1) is 18.8 Å². The zero-order valence-corrected chi connectivity index (χ0v) is 15.5. The molecule has 6 nitrogen and oxygen atoms in total. The summed E-state index contributed by atoms with van der Waals surface area (Å²) in [5.74, 6) is 5.27. The second-order valence-corrected chi connectivity index (χ2v) is 8.03. The van der Waals surface area contributed by atoms with Gasteiger partial charge in [-0.1, -0.05) is 11.8 Å². The third-order valence-corrected chi connectivity index (χ3v) is 4.82. The van der Waals surface area contributed by atoms with Crippen molar-refractivity contribution in [2.75, 3.05) is 20.0 Å². The number of nitrogens with one attached hydrogen (secondary N) is 1. The van der Waals surface area contributed by atoms with E-state index in [1.807, 2.05) is 10.8 Å². The van der Waals surface area contributed by atoms with E-state index in [0.29, 0.717) is 16.9 Å². The first-order valence-corrected chi connectivity index (χ1v) is 9.86. The molecule has 0 atom stereocenters. The molecule has 1 aromatic carbocycles. The number of methoxy groups -OCH3 is 1. The molecule has 0 saturated heterocycles. The summed E-state index contributed by atoms with van der Waals surface area (Å²) in [7, 11) is -2.14. The van der Waals surface area contributed by atoms with Crippen molar-refractivity contribution in [2.45, 2.75) is 6.92 Å². The zero-order valence-electron chi connectivity index (χ0n) is 13.9. The molecule has 0 aliphatic heterocycles. The highest BCUT2D eigenvalue weighted by atomic mass is 32.2. The van der Waals surface area contributed by atoms with Crippen LogP contribution in [-0.4, -0.2) is 39.4 Å². The Balaban J connectivity index is 2.52. The van der Waals surface area contributed by atoms with Crippen LogP contribution in [0.1, 0.15) is 20.8 Å². The molecule has 2 N–H and O–H groups in total. The maximum Gasteiger partial charge on any atom is 0.265 e. The molecular weight excluding hydrogens is 362 g/mol. The molecule has 1 aromatic heterocycles. The molecule has 132 valence electrons. The van der Waals surface area contributed by atoms with E-state index in [0.717, 1.165) is 16.0 Å². The van der Waals surface area contributed by atoms with Crippen molar-refractivity contribution in [2.24, 2.45) is 0 Å². The van der Waals surface area contributed by atoms with Crippen molar-refractivity contribution in [1.29, 1.82) is 0 Å². The van der Waals surface area contributed by atoms with E-state index in [4.69, 9.17) is 9.84 Å². The Bertz CT molecular complexity index is 965. The Morgan fingerprint density at radius 1 is 1.36 bits per heavy atom. The van der Waals surface area contributed by atoms with E-state index in [9.17, 15) is 13.2 Å². The number of carbonyl (C=O) groups excluding carboxylic acids is 1. The van der Waals surface area contributed by atoms with Gasteiger partial charge in [0.2, 0.25) is 10.0 Å². The molecule has 0 radical (unpaired) electrons. The minimum Gasteiger partial charge on any atom is -0.496 e. The minimum absolute atomic E-state index is 0.225. The van der Waals surface area contributed by atoms with Crippen molar-refractivity contribution >= 4 is 27.3 Å². The summed E-state index contributed by atoms with van der Waals surface area (Å²) >= 11 is 1.38. The van der Waals surface area contributed by atoms with Crippen LogP contribution in [0.2, 0.25) is 0 Å². The molecule has 0 fully saturated rings. The standard InChI is InChI=1S/C17H17NO5S2/c1-11-9-15(23-2)14(10-13(11)17(20)18-25(3,21)22)16-7-6-12(24-16)5-4-8-19/h6-7,9-10,19H,8H2,1-3H3,(H,18,20). The van der Waals surface area contributed by atoms with Crippen LogP contribution in [-0.2, 0) is 10.0 Å². The van der Waals surface area contributed by atoms with Gasteiger partial charge in [-0.25, -0.2) is 13.1 Å². The topological polar surface area (TPSA) is 92.7 Å². The van der Waals surface area contributed by atoms with Crippen molar-refractivity contribution in [3.8, 4) is 28.0 Å². The highest BCUT2D eigenvalue weighted by Gasteiger charge is 2.18. The van der Waals surface area contributed by atoms with E-state index < -0.39 is 15.9 Å². The third kappa shape index (κ3) is 4.82. The fourth-order valence-electron chi connectivity index (χ4n) is 2.19. The molecule has 1 heterocycles. The smallest absolute Gasteiger partial charge is 0.265 e. The van der Waals surface area contributed by atoms with Gasteiger partial charge >= 0.3 is 0 Å². The number of aliphatic hydroxyl groups excluding tert-OH is 1. The van der Waals surface area contributed by atoms with Gasteiger partial charge < -0.3 is 9.84 Å². The molecule has 2 aromatic rings. The van der Waals surface area contributed by atoms with Crippen molar-refractivity contribution in [3.63, 3.8) is 0 Å². The van der Waals surface area contributed by atoms with E-state index in [-0.39, 0.29) is 12.2 Å². The van der Waals surface area contributed by atoms with Crippen molar-refractivity contribution in [3.05, 3.63) is 40.3 Å². The lowest BCUT2D eigenvalue weighted by molar-refractivity contribution is 0.0981. The van der Waals surface area contributed by atoms with Crippen LogP contribution in [0.5, 0.6) is 5.75 Å². The number of aryl methyl sites for hydroxylation is 1. The van der Waals surface area contributed by atoms with Gasteiger partial charge in [0.05, 0.1) is 18.2 Å². The lowest BCUT2D eigenvalue weighted by atomic mass is 10.0. The van der Waals surface area contributed by atoms with Gasteiger partial charge in [-0.2, -0.15) is 0 Å². The van der Waals surface area contributed by atoms with E-state index >= 15 is 0 Å². The summed E-state index contributed by atoms with van der Waals surface area (Å²) in [6, 6.07) is 6.92. The monoisotopic (exact) mass is 379 g/mol. The number of rotatable bonds is 4. The van der Waals surface area contributed by atoms with Gasteiger partial charge in [0.15, 0.2) is 0 Å². The number of benzene rings is 1. The maximum absolute atomic E-state index is 12.2. The second kappa shape index (κ2) is 7.70. The summed E-state index contributed by atoms with van der Waals surface area (Å²) in [5.41, 5.74) is 1.50. The second-order valence-electron chi connectivity index (χ2n) is 5.19. The number of thiophene rings is 1. The Morgan fingerprint density at radius 2 is 2.08 bits per heavy atom. The zero-order chi connectivity index (χ0) is 18.6. The molecule has 25 heavy (non-hydrogen) atoms. The van der Waals surface area contributed by atoms with E-state index in [2.05, 4.69) is 11.8 Å². The lowest BCUT2D eigenvalue weighted by Crippen LogP contribution is -2.29. The highest BCUT2D eigenvalue weighted by Crippen LogP contribution is 2.36. The summed E-state index contributed by atoms with van der Waals surface area (Å²) in [6.45, 7) is 1.48. The molecular formula is C17H17NO5S2. The lowest BCUT2D eigenvalue weighted by Gasteiger charge is -2.12. The van der Waals surface area contributed by atoms with Crippen LogP contribution >= 0.6 is 11.3 Å². The summed E-state index contributed by atoms with van der Waals surface area (Å²) in [6.07, 6.45) is 0.927. The predicted octanol–water partition coefficient (Wildman–Crippen LogP) is 1.77. The largest absolute Gasteiger partial charge is 0.496 e. The van der Waals surface area contributed by atoms with Gasteiger partial charge in [0.1, 0.15) is 12.4 Å². The number of hydrogen-bond acceptors (Lipinski definition) is 6. The molecule has 2 rings (SSSR count). The molecule has 8 heteroatoms. The summed E-state index contributed by atoms with van der Waals surface area (Å²) in [4.78, 5) is 13.8. The van der Waals surface area contributed by atoms with E-state index in [1.165, 1.54) is 18.4 Å². The SMILES string of the molecule is COc1cc(C)c(C(=O)NS(C)(=O)=O)cc1-c1ccc(C#CCO)s1. The Hall–Kier alpha value is -2.34. The fourth-order valence-corrected chi connectivity index (χ4v) is 3.54. The number of hydrogen-bond donors (Lipinski definition) is 2. The Labute approximate surface area is 150 Å². The van der Waals surface area contributed by atoms with Crippen LogP contribution in [0.4, 0.5) is 0 Å². The van der Waals surface area contributed by atoms with E-state index in [1.54, 1.807) is 25.1 Å². The average Bonchev–Trinajstić information content (AvgIpc) is 2.99. The Morgan fingerprint density at radius 3 is 2.68 bits per heavy atom. The normalized spacial score (nSPS) is 10.7. The number of sulfonamides is 1. The number of ether oxygens (including phenoxy) is 1. The van der Waals surface area contributed by atoms with Crippen LogP contribution < -0.4 is 9.46 Å². The van der Waals surface area contributed by atoms with Gasteiger partial charge in [0, 0.05) is 16.0 Å². The van der Waals surface area contributed by atoms with Gasteiger partial charge in [0.25, 0.3) is 5.91 Å². The van der Waals surface area contributed by atoms with Crippen molar-refractivity contribution < 1.29 is 23.1 Å². The molecule has 0 aliphatic carbocycles. The van der Waals surface area contributed by atoms with Crippen LogP contribution in [0.3, 0.4) is 0 Å². The first-order valence-electron chi connectivity index (χ1n) is 7.16. The number of carbonyl (C=O) groups is 1. The maximum atomic E-state index is 12.2. The fraction of sp³-hybridized carbons (Fsp3) is 0.235. The Kier molecular flexibility index (Phi) is 5.85. The first kappa shape index (κ1) is 19.0. The first-order chi connectivity index (χ1) is 11.7. The third-order valence-electron chi connectivity index (χ3n) is 3.23. The molecule has 1 amide bonds. The number of amides is 1. The molecule has 0 unspecified atom stereocenters. The average molecular weight is 379 g/mol. The van der Waals surface area contributed by atoms with Crippen LogP contribution in [0.15, 0.2) is 24.3 Å². The van der Waals surface area contributed by atoms with Gasteiger partial charge in [-0.15, -0.1) is 11.3 Å².